The molecular formula is C11H11F5N2O3. The number of nitrogens with two attached hydrogens (primary N) is 1. The van der Waals surface area contributed by atoms with Gasteiger partial charge in [-0.05, 0) is 13.0 Å². The molecule has 0 aliphatic carbocycles. The fourth-order valence-corrected chi connectivity index (χ4v) is 1.44. The van der Waals surface area contributed by atoms with Gasteiger partial charge in [0.25, 0.3) is 6.43 Å². The lowest BCUT2D eigenvalue weighted by Gasteiger charge is -2.15. The van der Waals surface area contributed by atoms with Crippen molar-refractivity contribution >= 4 is 5.97 Å². The van der Waals surface area contributed by atoms with Gasteiger partial charge in [-0.25, -0.2) is 18.6 Å². The fourth-order valence-electron chi connectivity index (χ4n) is 1.44. The molecule has 118 valence electrons. The number of rotatable bonds is 5. The summed E-state index contributed by atoms with van der Waals surface area (Å²) >= 11 is 0. The number of pyridine rings is 1. The number of carbonyl (C=O) groups is 1. The molecular weight excluding hydrogens is 303 g/mol. The van der Waals surface area contributed by atoms with Crippen LogP contribution in [0.15, 0.2) is 6.07 Å². The van der Waals surface area contributed by atoms with Gasteiger partial charge in [0.15, 0.2) is 11.4 Å². The maximum atomic E-state index is 12.9. The molecule has 0 aromatic carbocycles. The molecule has 2 N–H and O–H groups in total. The summed E-state index contributed by atoms with van der Waals surface area (Å²) in [5.74, 6) is -2.16. The van der Waals surface area contributed by atoms with Gasteiger partial charge in [0, 0.05) is 6.54 Å². The molecule has 0 aliphatic rings. The summed E-state index contributed by atoms with van der Waals surface area (Å²) in [4.78, 5) is 14.9. The van der Waals surface area contributed by atoms with Gasteiger partial charge in [-0.3, -0.25) is 0 Å². The zero-order valence-corrected chi connectivity index (χ0v) is 10.7. The Bertz CT molecular complexity index is 519. The highest BCUT2D eigenvalue weighted by Gasteiger charge is 2.34. The molecule has 5 nitrogen and oxygen atoms in total. The molecule has 0 atom stereocenters. The van der Waals surface area contributed by atoms with Crippen LogP contribution in [0.25, 0.3) is 0 Å². The van der Waals surface area contributed by atoms with E-state index in [1.54, 1.807) is 0 Å². The molecule has 0 saturated heterocycles. The van der Waals surface area contributed by atoms with Crippen LogP contribution in [0, 0.1) is 0 Å². The number of ether oxygens (including phenoxy) is 2. The number of halogens is 5. The van der Waals surface area contributed by atoms with Crippen molar-refractivity contribution in [2.75, 3.05) is 6.61 Å². The van der Waals surface area contributed by atoms with E-state index in [1.165, 1.54) is 6.92 Å². The number of carbonyl (C=O) groups excluding carboxylic acids is 1. The Morgan fingerprint density at radius 3 is 2.48 bits per heavy atom. The normalized spacial score (nSPS) is 11.6. The first-order chi connectivity index (χ1) is 9.69. The number of nitrogens with zero attached hydrogens (tertiary/aromatic N) is 1. The number of aromatic nitrogens is 1. The van der Waals surface area contributed by atoms with Gasteiger partial charge in [-0.2, -0.15) is 0 Å². The maximum absolute atomic E-state index is 12.9. The Balaban J connectivity index is 3.37. The first kappa shape index (κ1) is 17.1. The van der Waals surface area contributed by atoms with Crippen molar-refractivity contribution in [1.82, 2.24) is 4.98 Å². The first-order valence-electron chi connectivity index (χ1n) is 5.64. The quantitative estimate of drug-likeness (QED) is 0.668. The molecule has 0 spiro atoms. The van der Waals surface area contributed by atoms with Crippen LogP contribution in [-0.4, -0.2) is 23.9 Å². The van der Waals surface area contributed by atoms with Gasteiger partial charge in [0.2, 0.25) is 0 Å². The second-order valence-corrected chi connectivity index (χ2v) is 3.64. The van der Waals surface area contributed by atoms with Crippen molar-refractivity contribution in [3.63, 3.8) is 0 Å². The summed E-state index contributed by atoms with van der Waals surface area (Å²) < 4.78 is 70.4. The van der Waals surface area contributed by atoms with Crippen molar-refractivity contribution in [3.05, 3.63) is 23.0 Å². The second kappa shape index (κ2) is 6.66. The van der Waals surface area contributed by atoms with Gasteiger partial charge in [-0.1, -0.05) is 0 Å². The van der Waals surface area contributed by atoms with Crippen molar-refractivity contribution in [1.29, 1.82) is 0 Å². The summed E-state index contributed by atoms with van der Waals surface area (Å²) in [5.41, 5.74) is 2.89. The van der Waals surface area contributed by atoms with Gasteiger partial charge >= 0.3 is 12.3 Å². The molecule has 1 aromatic heterocycles. The van der Waals surface area contributed by atoms with Gasteiger partial charge < -0.3 is 15.2 Å². The number of hydrogen-bond acceptors (Lipinski definition) is 5. The highest BCUT2D eigenvalue weighted by Crippen LogP contribution is 2.32. The molecule has 10 heteroatoms. The third kappa shape index (κ3) is 4.52. The monoisotopic (exact) mass is 314 g/mol. The van der Waals surface area contributed by atoms with Gasteiger partial charge in [0.05, 0.1) is 17.9 Å². The molecule has 0 amide bonds. The van der Waals surface area contributed by atoms with E-state index in [0.717, 1.165) is 0 Å². The molecule has 21 heavy (non-hydrogen) atoms. The smallest absolute Gasteiger partial charge is 0.461 e. The van der Waals surface area contributed by atoms with Gasteiger partial charge in [-0.15, -0.1) is 13.2 Å². The Labute approximate surface area is 115 Å². The lowest BCUT2D eigenvalue weighted by atomic mass is 10.1. The summed E-state index contributed by atoms with van der Waals surface area (Å²) in [6.07, 6.45) is -8.34. The van der Waals surface area contributed by atoms with E-state index in [1.807, 2.05) is 0 Å². The van der Waals surface area contributed by atoms with Crippen LogP contribution in [0.1, 0.15) is 35.1 Å². The zero-order valence-electron chi connectivity index (χ0n) is 10.7. The van der Waals surface area contributed by atoms with Crippen molar-refractivity contribution < 1.29 is 36.2 Å². The third-order valence-corrected chi connectivity index (χ3v) is 2.21. The van der Waals surface area contributed by atoms with Gasteiger partial charge in [0.1, 0.15) is 0 Å². The van der Waals surface area contributed by atoms with Crippen LogP contribution in [0.2, 0.25) is 0 Å². The van der Waals surface area contributed by atoms with Crippen molar-refractivity contribution in [2.45, 2.75) is 26.3 Å². The third-order valence-electron chi connectivity index (χ3n) is 2.21. The molecule has 0 radical (unpaired) electrons. The molecule has 1 rings (SSSR count). The van der Waals surface area contributed by atoms with E-state index in [4.69, 9.17) is 5.73 Å². The van der Waals surface area contributed by atoms with E-state index < -0.39 is 48.0 Å². The molecule has 0 bridgehead atoms. The average molecular weight is 314 g/mol. The average Bonchev–Trinajstić information content (AvgIpc) is 2.36. The minimum atomic E-state index is -5.10. The Kier molecular flexibility index (Phi) is 5.41. The molecule has 0 saturated carbocycles. The molecule has 0 unspecified atom stereocenters. The largest absolute Gasteiger partial charge is 0.573 e. The van der Waals surface area contributed by atoms with Crippen LogP contribution < -0.4 is 10.5 Å². The first-order valence-corrected chi connectivity index (χ1v) is 5.64. The van der Waals surface area contributed by atoms with Crippen LogP contribution >= 0.6 is 0 Å². The summed E-state index contributed by atoms with van der Waals surface area (Å²) in [6.45, 7) is 0.786. The molecule has 0 fully saturated rings. The standard InChI is InChI=1S/C11H11F5N2O3/c1-2-20-10(19)8-5(9(12)13)3-7(6(4-17)18-8)21-11(14,15)16/h3,9H,2,4,17H2,1H3. The SMILES string of the molecule is CCOC(=O)c1nc(CN)c(OC(F)(F)F)cc1C(F)F. The summed E-state index contributed by atoms with van der Waals surface area (Å²) in [5, 5.41) is 0. The molecule has 0 aliphatic heterocycles. The minimum Gasteiger partial charge on any atom is -0.461 e. The lowest BCUT2D eigenvalue weighted by molar-refractivity contribution is -0.275. The van der Waals surface area contributed by atoms with E-state index in [-0.39, 0.29) is 6.61 Å². The zero-order chi connectivity index (χ0) is 16.2. The van der Waals surface area contributed by atoms with E-state index in [2.05, 4.69) is 14.5 Å². The maximum Gasteiger partial charge on any atom is 0.573 e. The van der Waals surface area contributed by atoms with E-state index in [9.17, 15) is 26.7 Å². The molecule has 1 heterocycles. The Morgan fingerprint density at radius 2 is 2.05 bits per heavy atom. The summed E-state index contributed by atoms with van der Waals surface area (Å²) in [6, 6.07) is 0.388. The minimum absolute atomic E-state index is 0.109. The van der Waals surface area contributed by atoms with E-state index in [0.29, 0.717) is 6.07 Å². The predicted molar refractivity (Wildman–Crippen MR) is 59.7 cm³/mol. The highest BCUT2D eigenvalue weighted by molar-refractivity contribution is 5.89. The highest BCUT2D eigenvalue weighted by atomic mass is 19.4. The Morgan fingerprint density at radius 1 is 1.43 bits per heavy atom. The number of hydrogen-bond donors (Lipinski definition) is 1. The van der Waals surface area contributed by atoms with Crippen LogP contribution in [0.5, 0.6) is 5.75 Å². The van der Waals surface area contributed by atoms with Crippen LogP contribution in [-0.2, 0) is 11.3 Å². The fraction of sp³-hybridized carbons (Fsp3) is 0.455. The number of esters is 1. The summed E-state index contributed by atoms with van der Waals surface area (Å²) in [7, 11) is 0. The van der Waals surface area contributed by atoms with Crippen molar-refractivity contribution in [2.24, 2.45) is 5.73 Å². The van der Waals surface area contributed by atoms with Crippen LogP contribution in [0.4, 0.5) is 22.0 Å². The lowest BCUT2D eigenvalue weighted by Crippen LogP contribution is -2.21. The molecule has 1 aromatic rings. The second-order valence-electron chi connectivity index (χ2n) is 3.64. The van der Waals surface area contributed by atoms with Crippen LogP contribution in [0.3, 0.4) is 0 Å². The van der Waals surface area contributed by atoms with Crippen molar-refractivity contribution in [3.8, 4) is 5.75 Å². The predicted octanol–water partition coefficient (Wildman–Crippen LogP) is 2.55. The number of alkyl halides is 5. The van der Waals surface area contributed by atoms with E-state index >= 15 is 0 Å². The Hall–Kier alpha value is -1.97. The topological polar surface area (TPSA) is 74.4 Å².